The van der Waals surface area contributed by atoms with E-state index < -0.39 is 6.04 Å². The lowest BCUT2D eigenvalue weighted by Gasteiger charge is -2.35. The number of benzene rings is 8. The first-order chi connectivity index (χ1) is 26.6. The van der Waals surface area contributed by atoms with Crippen LogP contribution in [0.15, 0.2) is 164 Å². The van der Waals surface area contributed by atoms with E-state index in [2.05, 4.69) is 80.6 Å². The molecule has 0 fully saturated rings. The van der Waals surface area contributed by atoms with Gasteiger partial charge in [-0.25, -0.2) is 0 Å². The quantitative estimate of drug-likeness (QED) is 0.140. The topological polar surface area (TPSA) is 18.5 Å². The first kappa shape index (κ1) is 24.1. The summed E-state index contributed by atoms with van der Waals surface area (Å²) < 4.78 is 56.7. The third-order valence-electron chi connectivity index (χ3n) is 10.6. The van der Waals surface area contributed by atoms with E-state index >= 15 is 0 Å². The Kier molecular flexibility index (Phi) is 5.30. The minimum absolute atomic E-state index is 0.112. The van der Waals surface area contributed by atoms with Gasteiger partial charge in [0.15, 0.2) is 0 Å². The molecule has 10 rings (SSSR count). The Morgan fingerprint density at radius 3 is 1.66 bits per heavy atom. The predicted molar refractivity (Wildman–Crippen MR) is 209 cm³/mol. The van der Waals surface area contributed by atoms with Crippen LogP contribution in [0.25, 0.3) is 43.8 Å². The summed E-state index contributed by atoms with van der Waals surface area (Å²) in [4.78, 5) is 0. The summed E-state index contributed by atoms with van der Waals surface area (Å²) >= 11 is 0. The van der Waals surface area contributed by atoms with Gasteiger partial charge in [-0.05, 0) is 90.1 Å². The minimum atomic E-state index is -0.412. The lowest BCUT2D eigenvalue weighted by Crippen LogP contribution is -2.57. The van der Waals surface area contributed by atoms with E-state index in [0.717, 1.165) is 72.1 Å². The van der Waals surface area contributed by atoms with Crippen LogP contribution in [0.3, 0.4) is 0 Å². The highest BCUT2D eigenvalue weighted by atomic mass is 16.5. The van der Waals surface area contributed by atoms with Gasteiger partial charge in [-0.1, -0.05) is 153 Å². The van der Waals surface area contributed by atoms with Crippen LogP contribution in [-0.4, -0.2) is 6.71 Å². The highest BCUT2D eigenvalue weighted by molar-refractivity contribution is 6.98. The molecule has 50 heavy (non-hydrogen) atoms. The Morgan fingerprint density at radius 1 is 0.480 bits per heavy atom. The van der Waals surface area contributed by atoms with Crippen molar-refractivity contribution in [2.45, 2.75) is 19.3 Å². The standard InChI is InChI=1S/C47H33BO2/c1-47(2,32-17-7-4-8-18-32)33-25-26-41-39(29-33)48-38-23-13-14-24-40(38)49-42-27-31(28-43(50-41)46(42)48)45-36-21-11-9-19-34(36)44(30-15-5-3-6-16-30)35-20-10-12-22-37(35)45/h3-29H,1-2H3/i3D,5D,6D,15D,16D. The van der Waals surface area contributed by atoms with Crippen molar-refractivity contribution in [2.24, 2.45) is 0 Å². The molecule has 3 heteroatoms. The summed E-state index contributed by atoms with van der Waals surface area (Å²) in [7, 11) is 0. The largest absolute Gasteiger partial charge is 0.458 e. The van der Waals surface area contributed by atoms with Gasteiger partial charge in [0.2, 0.25) is 0 Å². The third-order valence-corrected chi connectivity index (χ3v) is 10.6. The molecule has 0 atom stereocenters. The maximum absolute atomic E-state index is 8.93. The maximum Gasteiger partial charge on any atom is 0.260 e. The molecule has 0 saturated carbocycles. The van der Waals surface area contributed by atoms with Crippen LogP contribution >= 0.6 is 0 Å². The lowest BCUT2D eigenvalue weighted by molar-refractivity contribution is 0.464. The molecule has 2 aliphatic heterocycles. The van der Waals surface area contributed by atoms with Crippen LogP contribution in [0.1, 0.15) is 31.8 Å². The normalized spacial score (nSPS) is 14.3. The van der Waals surface area contributed by atoms with Crippen molar-refractivity contribution in [3.63, 3.8) is 0 Å². The summed E-state index contributed by atoms with van der Waals surface area (Å²) in [6.45, 7) is 4.41. The van der Waals surface area contributed by atoms with Crippen molar-refractivity contribution in [3.05, 3.63) is 175 Å². The molecule has 0 aliphatic carbocycles. The molecule has 236 valence electrons. The molecule has 0 bridgehead atoms. The average molecular weight is 646 g/mol. The van der Waals surface area contributed by atoms with E-state index in [-0.39, 0.29) is 41.9 Å². The number of para-hydroxylation sites is 1. The number of ether oxygens (including phenoxy) is 2. The van der Waals surface area contributed by atoms with Gasteiger partial charge in [0.05, 0.1) is 6.85 Å². The Hall–Kier alpha value is -6.06. The molecule has 2 aliphatic rings. The molecular weight excluding hydrogens is 607 g/mol. The van der Waals surface area contributed by atoms with Crippen molar-refractivity contribution in [2.75, 3.05) is 0 Å². The van der Waals surface area contributed by atoms with Gasteiger partial charge in [0.1, 0.15) is 23.0 Å². The lowest BCUT2D eigenvalue weighted by atomic mass is 9.34. The summed E-state index contributed by atoms with van der Waals surface area (Å²) in [5, 5.41) is 3.33. The van der Waals surface area contributed by atoms with E-state index in [4.69, 9.17) is 16.3 Å². The zero-order valence-corrected chi connectivity index (χ0v) is 27.6. The fraction of sp³-hybridized carbons (Fsp3) is 0.0638. The number of fused-ring (bicyclic) bond motifs is 6. The molecular formula is C47H33BO2. The van der Waals surface area contributed by atoms with Crippen molar-refractivity contribution < 1.29 is 16.3 Å². The van der Waals surface area contributed by atoms with Crippen molar-refractivity contribution >= 4 is 44.6 Å². The Labute approximate surface area is 299 Å². The maximum atomic E-state index is 8.93. The highest BCUT2D eigenvalue weighted by Crippen LogP contribution is 2.46. The average Bonchev–Trinajstić information content (AvgIpc) is 3.21. The highest BCUT2D eigenvalue weighted by Gasteiger charge is 2.41. The monoisotopic (exact) mass is 645 g/mol. The van der Waals surface area contributed by atoms with Crippen LogP contribution < -0.4 is 25.9 Å². The second-order valence-electron chi connectivity index (χ2n) is 13.6. The second-order valence-corrected chi connectivity index (χ2v) is 13.6. The Morgan fingerprint density at radius 2 is 1.02 bits per heavy atom. The molecule has 0 aromatic heterocycles. The Bertz CT molecular complexity index is 2820. The molecule has 0 saturated heterocycles. The van der Waals surface area contributed by atoms with Crippen LogP contribution in [0.5, 0.6) is 23.0 Å². The summed E-state index contributed by atoms with van der Waals surface area (Å²) in [6, 6.07) is 43.8. The van der Waals surface area contributed by atoms with E-state index in [1.807, 2.05) is 66.7 Å². The Balaban J connectivity index is 1.22. The zero-order chi connectivity index (χ0) is 37.7. The molecule has 0 N–H and O–H groups in total. The van der Waals surface area contributed by atoms with Gasteiger partial charge in [0, 0.05) is 10.9 Å². The summed E-state index contributed by atoms with van der Waals surface area (Å²) in [6.07, 6.45) is 0. The fourth-order valence-electron chi connectivity index (χ4n) is 8.09. The molecule has 0 amide bonds. The summed E-state index contributed by atoms with van der Waals surface area (Å²) in [5.74, 6) is 3.04. The van der Waals surface area contributed by atoms with Gasteiger partial charge < -0.3 is 9.47 Å². The first-order valence-corrected chi connectivity index (χ1v) is 17.0. The number of hydrogen-bond acceptors (Lipinski definition) is 2. The zero-order valence-electron chi connectivity index (χ0n) is 32.6. The van der Waals surface area contributed by atoms with Crippen LogP contribution in [0.2, 0.25) is 0 Å². The molecule has 0 unspecified atom stereocenters. The summed E-state index contributed by atoms with van der Waals surface area (Å²) in [5.41, 5.74) is 7.97. The molecule has 0 radical (unpaired) electrons. The molecule has 2 heterocycles. The number of rotatable bonds is 4. The van der Waals surface area contributed by atoms with Gasteiger partial charge in [-0.3, -0.25) is 0 Å². The van der Waals surface area contributed by atoms with E-state index in [0.29, 0.717) is 5.56 Å². The predicted octanol–water partition coefficient (Wildman–Crippen LogP) is 10.4. The second kappa shape index (κ2) is 11.0. The number of hydrogen-bond donors (Lipinski definition) is 0. The minimum Gasteiger partial charge on any atom is -0.458 e. The van der Waals surface area contributed by atoms with Gasteiger partial charge in [-0.15, -0.1) is 0 Å². The van der Waals surface area contributed by atoms with Crippen LogP contribution in [0.4, 0.5) is 0 Å². The van der Waals surface area contributed by atoms with Crippen LogP contribution in [0, 0.1) is 0 Å². The van der Waals surface area contributed by atoms with E-state index in [1.54, 1.807) is 0 Å². The fourth-order valence-corrected chi connectivity index (χ4v) is 8.09. The van der Waals surface area contributed by atoms with E-state index in [1.165, 1.54) is 11.1 Å². The van der Waals surface area contributed by atoms with Crippen molar-refractivity contribution in [3.8, 4) is 45.3 Å². The molecule has 2 nitrogen and oxygen atoms in total. The van der Waals surface area contributed by atoms with Crippen molar-refractivity contribution in [1.29, 1.82) is 0 Å². The van der Waals surface area contributed by atoms with Gasteiger partial charge in [-0.2, -0.15) is 0 Å². The third kappa shape index (κ3) is 4.30. The van der Waals surface area contributed by atoms with E-state index in [9.17, 15) is 0 Å². The molecule has 8 aromatic rings. The first-order valence-electron chi connectivity index (χ1n) is 19.5. The van der Waals surface area contributed by atoms with Crippen molar-refractivity contribution in [1.82, 2.24) is 0 Å². The van der Waals surface area contributed by atoms with Gasteiger partial charge in [0.25, 0.3) is 6.71 Å². The molecule has 8 aromatic carbocycles. The smallest absolute Gasteiger partial charge is 0.260 e. The van der Waals surface area contributed by atoms with Crippen LogP contribution in [-0.2, 0) is 5.41 Å². The van der Waals surface area contributed by atoms with Gasteiger partial charge >= 0.3 is 0 Å². The SMILES string of the molecule is [2H]c1c([2H])c([2H])c(-c2c3ccccc3c(-c3cc4c5c(c3)Oc3ccc(C(C)(C)c6ccccc6)cc3B5c3ccccc3O4)c3ccccc23)c([2H])c1[2H]. The molecule has 0 spiro atoms.